The lowest BCUT2D eigenvalue weighted by molar-refractivity contribution is 0.661. The Hall–Kier alpha value is -6.26. The Bertz CT molecular complexity index is 3030. The average molecular weight is 628 g/mol. The first-order chi connectivity index (χ1) is 24.0. The third-order valence-electron chi connectivity index (χ3n) is 10.8. The van der Waals surface area contributed by atoms with Gasteiger partial charge in [0.15, 0.2) is 5.82 Å². The number of furan rings is 1. The molecule has 3 aromatic heterocycles. The summed E-state index contributed by atoms with van der Waals surface area (Å²) in [6.07, 6.45) is 0. The van der Waals surface area contributed by atoms with Gasteiger partial charge in [0.2, 0.25) is 0 Å². The van der Waals surface area contributed by atoms with Crippen molar-refractivity contribution in [1.82, 2.24) is 14.5 Å². The van der Waals surface area contributed by atoms with Crippen molar-refractivity contribution in [2.75, 3.05) is 0 Å². The van der Waals surface area contributed by atoms with Crippen molar-refractivity contribution in [3.05, 3.63) is 151 Å². The molecule has 49 heavy (non-hydrogen) atoms. The van der Waals surface area contributed by atoms with Gasteiger partial charge in [0, 0.05) is 32.5 Å². The smallest absolute Gasteiger partial charge is 0.165 e. The molecule has 1 aliphatic rings. The second-order valence-corrected chi connectivity index (χ2v) is 13.8. The minimum absolute atomic E-state index is 0.171. The summed E-state index contributed by atoms with van der Waals surface area (Å²) in [7, 11) is 0. The summed E-state index contributed by atoms with van der Waals surface area (Å²) in [5, 5.41) is 7.15. The van der Waals surface area contributed by atoms with Crippen molar-refractivity contribution >= 4 is 65.6 Å². The van der Waals surface area contributed by atoms with E-state index in [0.717, 1.165) is 61.1 Å². The van der Waals surface area contributed by atoms with Crippen LogP contribution in [0.15, 0.2) is 144 Å². The first-order valence-electron chi connectivity index (χ1n) is 16.8. The molecular weight excluding hydrogens is 599 g/mol. The van der Waals surface area contributed by atoms with Crippen LogP contribution in [0.5, 0.6) is 0 Å². The van der Waals surface area contributed by atoms with E-state index in [1.807, 2.05) is 30.3 Å². The molecule has 4 heteroatoms. The molecule has 11 rings (SSSR count). The van der Waals surface area contributed by atoms with Gasteiger partial charge in [-0.3, -0.25) is 4.57 Å². The van der Waals surface area contributed by atoms with Crippen LogP contribution >= 0.6 is 0 Å². The van der Waals surface area contributed by atoms with E-state index in [-0.39, 0.29) is 5.41 Å². The number of aromatic nitrogens is 3. The number of rotatable bonds is 2. The highest BCUT2D eigenvalue weighted by molar-refractivity contribution is 6.14. The zero-order chi connectivity index (χ0) is 32.4. The Morgan fingerprint density at radius 2 is 1.24 bits per heavy atom. The molecule has 3 heterocycles. The van der Waals surface area contributed by atoms with Gasteiger partial charge in [0.25, 0.3) is 0 Å². The molecule has 0 fully saturated rings. The SMILES string of the molecule is CC1(C)c2cc3c(cc2-c2c1ccc1ccccc21)c1ccccc1n3-c1nc2ccccc2nc1-c1ccc2oc3ccccc3c2c1. The van der Waals surface area contributed by atoms with Crippen molar-refractivity contribution in [1.29, 1.82) is 0 Å². The van der Waals surface area contributed by atoms with Crippen molar-refractivity contribution in [2.45, 2.75) is 19.3 Å². The fourth-order valence-electron chi connectivity index (χ4n) is 8.41. The molecule has 0 amide bonds. The average Bonchev–Trinajstić information content (AvgIpc) is 3.75. The van der Waals surface area contributed by atoms with Gasteiger partial charge >= 0.3 is 0 Å². The highest BCUT2D eigenvalue weighted by atomic mass is 16.3. The molecule has 1 aliphatic carbocycles. The lowest BCUT2D eigenvalue weighted by Gasteiger charge is -2.22. The lowest BCUT2D eigenvalue weighted by atomic mass is 9.82. The number of hydrogen-bond donors (Lipinski definition) is 0. The summed E-state index contributed by atoms with van der Waals surface area (Å²) in [5.74, 6) is 0.816. The summed E-state index contributed by atoms with van der Waals surface area (Å²) in [6, 6.07) is 49.7. The van der Waals surface area contributed by atoms with Crippen LogP contribution in [0.1, 0.15) is 25.0 Å². The Morgan fingerprint density at radius 1 is 0.531 bits per heavy atom. The normalized spacial score (nSPS) is 13.7. The summed E-state index contributed by atoms with van der Waals surface area (Å²) < 4.78 is 8.55. The molecule has 0 bridgehead atoms. The highest BCUT2D eigenvalue weighted by Gasteiger charge is 2.37. The first-order valence-corrected chi connectivity index (χ1v) is 16.8. The van der Waals surface area contributed by atoms with Crippen molar-refractivity contribution < 1.29 is 4.42 Å². The Labute approximate surface area is 281 Å². The first kappa shape index (κ1) is 26.8. The Kier molecular flexibility index (Phi) is 5.15. The summed E-state index contributed by atoms with van der Waals surface area (Å²) in [5.41, 5.74) is 12.7. The minimum atomic E-state index is -0.171. The summed E-state index contributed by atoms with van der Waals surface area (Å²) in [6.45, 7) is 4.72. The van der Waals surface area contributed by atoms with Crippen LogP contribution in [0.25, 0.3) is 93.8 Å². The second kappa shape index (κ2) is 9.42. The van der Waals surface area contributed by atoms with Crippen molar-refractivity contribution in [2.24, 2.45) is 0 Å². The van der Waals surface area contributed by atoms with Gasteiger partial charge in [-0.25, -0.2) is 9.97 Å². The van der Waals surface area contributed by atoms with Crippen LogP contribution in [0.3, 0.4) is 0 Å². The number of hydrogen-bond acceptors (Lipinski definition) is 3. The molecular formula is C45H29N3O. The monoisotopic (exact) mass is 627 g/mol. The maximum atomic E-state index is 6.21. The topological polar surface area (TPSA) is 43.9 Å². The van der Waals surface area contributed by atoms with Gasteiger partial charge < -0.3 is 4.42 Å². The van der Waals surface area contributed by atoms with Gasteiger partial charge in [-0.1, -0.05) is 98.8 Å². The summed E-state index contributed by atoms with van der Waals surface area (Å²) >= 11 is 0. The second-order valence-electron chi connectivity index (χ2n) is 13.8. The van der Waals surface area contributed by atoms with Crippen LogP contribution in [0.2, 0.25) is 0 Å². The highest BCUT2D eigenvalue weighted by Crippen LogP contribution is 2.53. The van der Waals surface area contributed by atoms with Crippen LogP contribution in [0, 0.1) is 0 Å². The number of fused-ring (bicyclic) bond motifs is 12. The Balaban J connectivity index is 1.25. The molecule has 10 aromatic rings. The van der Waals surface area contributed by atoms with E-state index in [1.54, 1.807) is 0 Å². The zero-order valence-electron chi connectivity index (χ0n) is 27.0. The van der Waals surface area contributed by atoms with Gasteiger partial charge in [-0.2, -0.15) is 0 Å². The fraction of sp³-hybridized carbons (Fsp3) is 0.0667. The van der Waals surface area contributed by atoms with E-state index < -0.39 is 0 Å². The van der Waals surface area contributed by atoms with Crippen LogP contribution in [0.4, 0.5) is 0 Å². The molecule has 0 aliphatic heterocycles. The van der Waals surface area contributed by atoms with Gasteiger partial charge in [-0.15, -0.1) is 0 Å². The number of benzene rings is 7. The molecule has 0 spiro atoms. The van der Waals surface area contributed by atoms with Gasteiger partial charge in [0.1, 0.15) is 16.9 Å². The standard InChI is InChI=1S/C45H29N3O/c1-45(2)34-21-19-26-11-3-4-12-28(26)42(34)33-24-31-29-13-5-9-17-38(29)48(39(31)25-35(33)45)44-43(46-36-15-7-8-16-37(36)47-44)27-20-22-41-32(23-27)30-14-6-10-18-40(30)49-41/h3-25H,1-2H3. The fourth-order valence-corrected chi connectivity index (χ4v) is 8.41. The number of nitrogens with zero attached hydrogens (tertiary/aromatic N) is 3. The Morgan fingerprint density at radius 3 is 2.12 bits per heavy atom. The third kappa shape index (κ3) is 3.58. The quantitative estimate of drug-likeness (QED) is 0.192. The van der Waals surface area contributed by atoms with E-state index >= 15 is 0 Å². The zero-order valence-corrected chi connectivity index (χ0v) is 27.0. The molecule has 0 unspecified atom stereocenters. The van der Waals surface area contributed by atoms with Crippen molar-refractivity contribution in [3.63, 3.8) is 0 Å². The molecule has 0 radical (unpaired) electrons. The van der Waals surface area contributed by atoms with Crippen molar-refractivity contribution in [3.8, 4) is 28.2 Å². The summed E-state index contributed by atoms with van der Waals surface area (Å²) in [4.78, 5) is 10.8. The van der Waals surface area contributed by atoms with Gasteiger partial charge in [-0.05, 0) is 87.6 Å². The molecule has 7 aromatic carbocycles. The van der Waals surface area contributed by atoms with E-state index in [4.69, 9.17) is 14.4 Å². The predicted octanol–water partition coefficient (Wildman–Crippen LogP) is 11.8. The molecule has 0 N–H and O–H groups in total. The van der Waals surface area contributed by atoms with E-state index in [2.05, 4.69) is 128 Å². The van der Waals surface area contributed by atoms with Crippen LogP contribution < -0.4 is 0 Å². The van der Waals surface area contributed by atoms with Crippen LogP contribution in [-0.4, -0.2) is 14.5 Å². The van der Waals surface area contributed by atoms with E-state index in [1.165, 1.54) is 43.8 Å². The molecule has 230 valence electrons. The van der Waals surface area contributed by atoms with E-state index in [0.29, 0.717) is 0 Å². The number of para-hydroxylation sites is 4. The van der Waals surface area contributed by atoms with E-state index in [9.17, 15) is 0 Å². The molecule has 0 saturated heterocycles. The predicted molar refractivity (Wildman–Crippen MR) is 202 cm³/mol. The largest absolute Gasteiger partial charge is 0.456 e. The molecule has 0 atom stereocenters. The lowest BCUT2D eigenvalue weighted by Crippen LogP contribution is -2.15. The maximum Gasteiger partial charge on any atom is 0.165 e. The minimum Gasteiger partial charge on any atom is -0.456 e. The molecule has 4 nitrogen and oxygen atoms in total. The maximum absolute atomic E-state index is 6.21. The van der Waals surface area contributed by atoms with Gasteiger partial charge in [0.05, 0.1) is 22.1 Å². The third-order valence-corrected chi connectivity index (χ3v) is 10.8. The molecule has 0 saturated carbocycles. The van der Waals surface area contributed by atoms with Crippen LogP contribution in [-0.2, 0) is 5.41 Å².